The van der Waals surface area contributed by atoms with Crippen LogP contribution in [-0.4, -0.2) is 73.4 Å². The topological polar surface area (TPSA) is 75.3 Å². The fourth-order valence-corrected chi connectivity index (χ4v) is 5.47. The molecule has 37 heavy (non-hydrogen) atoms. The van der Waals surface area contributed by atoms with Crippen LogP contribution in [0.4, 0.5) is 10.1 Å². The summed E-state index contributed by atoms with van der Waals surface area (Å²) in [7, 11) is 0. The largest absolute Gasteiger partial charge is 0.365 e. The minimum absolute atomic E-state index is 0.118. The van der Waals surface area contributed by atoms with Crippen molar-refractivity contribution in [2.75, 3.05) is 44.2 Å². The lowest BCUT2D eigenvalue weighted by Crippen LogP contribution is -2.54. The van der Waals surface area contributed by atoms with Crippen molar-refractivity contribution in [3.63, 3.8) is 0 Å². The number of benzene rings is 2. The fraction of sp³-hybridized carbons (Fsp3) is 0.357. The molecule has 0 saturated carbocycles. The Morgan fingerprint density at radius 3 is 2.81 bits per heavy atom. The average Bonchev–Trinajstić information content (AvgIpc) is 2.91. The van der Waals surface area contributed by atoms with Gasteiger partial charge in [-0.2, -0.15) is 5.26 Å². The summed E-state index contributed by atoms with van der Waals surface area (Å²) >= 11 is 6.41. The third-order valence-electron chi connectivity index (χ3n) is 6.91. The first-order valence-electron chi connectivity index (χ1n) is 12.3. The zero-order valence-corrected chi connectivity index (χ0v) is 21.7. The number of rotatable bonds is 6. The normalized spacial score (nSPS) is 20.6. The molecule has 2 aliphatic heterocycles. The van der Waals surface area contributed by atoms with Gasteiger partial charge in [-0.25, -0.2) is 9.38 Å². The molecule has 0 aromatic heterocycles. The summed E-state index contributed by atoms with van der Waals surface area (Å²) < 4.78 is 14.3. The summed E-state index contributed by atoms with van der Waals surface area (Å²) in [5, 5.41) is 11.0. The van der Waals surface area contributed by atoms with Crippen LogP contribution in [0.5, 0.6) is 0 Å². The molecule has 0 aliphatic carbocycles. The third-order valence-corrected chi connectivity index (χ3v) is 7.28. The lowest BCUT2D eigenvalue weighted by atomic mass is 9.98. The Morgan fingerprint density at radius 2 is 2.11 bits per heavy atom. The Kier molecular flexibility index (Phi) is 8.24. The molecule has 0 N–H and O–H groups in total. The monoisotopic (exact) mass is 520 g/mol. The second-order valence-electron chi connectivity index (χ2n) is 8.99. The highest BCUT2D eigenvalue weighted by Crippen LogP contribution is 2.36. The number of piperazine rings is 1. The summed E-state index contributed by atoms with van der Waals surface area (Å²) in [6, 6.07) is 10.9. The Labute approximate surface area is 221 Å². The summed E-state index contributed by atoms with van der Waals surface area (Å²) in [5.41, 5.74) is 2.76. The summed E-state index contributed by atoms with van der Waals surface area (Å²) in [6.45, 7) is 12.7. The summed E-state index contributed by atoms with van der Waals surface area (Å²) in [4.78, 5) is 27.5. The lowest BCUT2D eigenvalue weighted by molar-refractivity contribution is -0.130. The maximum absolute atomic E-state index is 14.3. The van der Waals surface area contributed by atoms with E-state index in [-0.39, 0.29) is 23.4 Å². The highest BCUT2D eigenvalue weighted by molar-refractivity contribution is 6.36. The molecule has 0 bridgehead atoms. The maximum atomic E-state index is 14.3. The van der Waals surface area contributed by atoms with Crippen molar-refractivity contribution in [3.8, 4) is 6.07 Å². The van der Waals surface area contributed by atoms with Crippen molar-refractivity contribution in [1.29, 1.82) is 5.26 Å². The number of piperidine rings is 1. The van der Waals surface area contributed by atoms with Gasteiger partial charge >= 0.3 is 0 Å². The molecule has 1 unspecified atom stereocenters. The van der Waals surface area contributed by atoms with E-state index in [4.69, 9.17) is 16.6 Å². The first-order chi connectivity index (χ1) is 17.9. The molecule has 2 aromatic rings. The Balaban J connectivity index is 1.67. The average molecular weight is 521 g/mol. The van der Waals surface area contributed by atoms with Crippen LogP contribution in [0.3, 0.4) is 0 Å². The van der Waals surface area contributed by atoms with E-state index in [2.05, 4.69) is 34.2 Å². The minimum atomic E-state index is -0.444. The molecule has 1 amide bonds. The van der Waals surface area contributed by atoms with Gasteiger partial charge in [0.15, 0.2) is 0 Å². The predicted octanol–water partition coefficient (Wildman–Crippen LogP) is 4.83. The Morgan fingerprint density at radius 1 is 1.30 bits per heavy atom. The van der Waals surface area contributed by atoms with Crippen LogP contribution in [-0.2, 0) is 4.79 Å². The van der Waals surface area contributed by atoms with Crippen LogP contribution in [0.15, 0.2) is 64.4 Å². The van der Waals surface area contributed by atoms with Crippen molar-refractivity contribution < 1.29 is 9.18 Å². The number of fused-ring (bicyclic) bond motifs is 1. The molecule has 4 rings (SSSR count). The van der Waals surface area contributed by atoms with Gasteiger partial charge in [-0.05, 0) is 43.7 Å². The van der Waals surface area contributed by atoms with Crippen molar-refractivity contribution in [2.24, 2.45) is 9.98 Å². The molecule has 0 radical (unpaired) electrons. The van der Waals surface area contributed by atoms with E-state index in [1.165, 1.54) is 12.1 Å². The van der Waals surface area contributed by atoms with Crippen LogP contribution in [0.25, 0.3) is 10.8 Å². The highest BCUT2D eigenvalue weighted by Gasteiger charge is 2.33. The first kappa shape index (κ1) is 26.4. The Hall–Kier alpha value is -3.70. The van der Waals surface area contributed by atoms with Crippen LogP contribution < -0.4 is 4.90 Å². The number of carbonyl (C=O) groups excluding carboxylic acids is 1. The van der Waals surface area contributed by atoms with E-state index in [9.17, 15) is 14.4 Å². The smallest absolute Gasteiger partial charge is 0.246 e. The van der Waals surface area contributed by atoms with Gasteiger partial charge in [-0.3, -0.25) is 9.79 Å². The number of hydrogen-bond donors (Lipinski definition) is 0. The van der Waals surface area contributed by atoms with Gasteiger partial charge in [0.05, 0.1) is 35.8 Å². The Bertz CT molecular complexity index is 1330. The van der Waals surface area contributed by atoms with E-state index in [1.807, 2.05) is 25.1 Å². The van der Waals surface area contributed by atoms with Crippen molar-refractivity contribution in [1.82, 2.24) is 9.80 Å². The zero-order valence-electron chi connectivity index (χ0n) is 21.0. The number of hydrogen-bond acceptors (Lipinski definition) is 6. The molecule has 2 fully saturated rings. The van der Waals surface area contributed by atoms with Crippen LogP contribution >= 0.6 is 11.6 Å². The van der Waals surface area contributed by atoms with Gasteiger partial charge in [0.1, 0.15) is 11.6 Å². The standard InChI is InChI=1S/C28H30ClFN6O/c1-4-25(37)36-16-15-35(17-20(36)11-13-31)28(32-3)21-12-14-34(18-23(21)33-5-2)24-8-6-7-19-9-10-22(30)27(29)26(19)24/h4,6-10,20H,1,3,5,11-12,14-18H2,2H3/b28-21+,33-23?. The van der Waals surface area contributed by atoms with Gasteiger partial charge < -0.3 is 14.7 Å². The van der Waals surface area contributed by atoms with Gasteiger partial charge in [0, 0.05) is 49.4 Å². The number of anilines is 1. The number of nitrogens with zero attached hydrogens (tertiary/aromatic N) is 6. The second-order valence-corrected chi connectivity index (χ2v) is 9.37. The molecule has 1 atom stereocenters. The number of halogens is 2. The third kappa shape index (κ3) is 5.23. The minimum Gasteiger partial charge on any atom is -0.365 e. The molecule has 7 nitrogen and oxygen atoms in total. The van der Waals surface area contributed by atoms with Crippen molar-refractivity contribution >= 4 is 46.4 Å². The quantitative estimate of drug-likeness (QED) is 0.404. The molecular formula is C28H30ClFN6O. The molecular weight excluding hydrogens is 491 g/mol. The van der Waals surface area contributed by atoms with Gasteiger partial charge in [0.2, 0.25) is 5.91 Å². The lowest BCUT2D eigenvalue weighted by Gasteiger charge is -2.42. The molecule has 192 valence electrons. The summed E-state index contributed by atoms with van der Waals surface area (Å²) in [5.74, 6) is 0.121. The molecule has 2 saturated heterocycles. The molecule has 9 heteroatoms. The molecule has 2 aromatic carbocycles. The number of carbonyl (C=O) groups is 1. The first-order valence-corrected chi connectivity index (χ1v) is 12.7. The molecule has 2 heterocycles. The van der Waals surface area contributed by atoms with Crippen LogP contribution in [0.2, 0.25) is 5.02 Å². The predicted molar refractivity (Wildman–Crippen MR) is 148 cm³/mol. The van der Waals surface area contributed by atoms with E-state index >= 15 is 0 Å². The highest BCUT2D eigenvalue weighted by atomic mass is 35.5. The maximum Gasteiger partial charge on any atom is 0.246 e. The zero-order chi connectivity index (χ0) is 26.5. The number of amides is 1. The van der Waals surface area contributed by atoms with Gasteiger partial charge in [-0.15, -0.1) is 0 Å². The van der Waals surface area contributed by atoms with Crippen molar-refractivity contribution in [2.45, 2.75) is 25.8 Å². The van der Waals surface area contributed by atoms with E-state index in [0.717, 1.165) is 28.2 Å². The number of aliphatic imine (C=N–C) groups is 2. The van der Waals surface area contributed by atoms with Crippen LogP contribution in [0.1, 0.15) is 19.8 Å². The SMILES string of the molecule is C=CC(=O)N1CCN(/C(N=C)=C2\CCN(c3cccc4ccc(F)c(Cl)c34)CC2=NCC)CC1CC#N. The number of nitriles is 1. The van der Waals surface area contributed by atoms with Crippen molar-refractivity contribution in [3.05, 3.63) is 65.2 Å². The molecule has 0 spiro atoms. The van der Waals surface area contributed by atoms with Crippen LogP contribution in [0, 0.1) is 17.1 Å². The second kappa shape index (κ2) is 11.6. The van der Waals surface area contributed by atoms with E-state index in [0.29, 0.717) is 51.1 Å². The van der Waals surface area contributed by atoms with E-state index in [1.54, 1.807) is 11.0 Å². The fourth-order valence-electron chi connectivity index (χ4n) is 5.21. The van der Waals surface area contributed by atoms with Gasteiger partial charge in [0.25, 0.3) is 0 Å². The van der Waals surface area contributed by atoms with Gasteiger partial charge in [-0.1, -0.05) is 36.4 Å². The summed E-state index contributed by atoms with van der Waals surface area (Å²) in [6.07, 6.45) is 2.17. The molecule has 2 aliphatic rings. The van der Waals surface area contributed by atoms with E-state index < -0.39 is 5.82 Å².